The van der Waals surface area contributed by atoms with Crippen molar-refractivity contribution in [1.82, 2.24) is 4.98 Å². The molecule has 0 bridgehead atoms. The highest BCUT2D eigenvalue weighted by Gasteiger charge is 2.19. The lowest BCUT2D eigenvalue weighted by Gasteiger charge is -2.32. The minimum absolute atomic E-state index is 0.261. The molecule has 0 unspecified atom stereocenters. The zero-order chi connectivity index (χ0) is 12.4. The van der Waals surface area contributed by atoms with Crippen molar-refractivity contribution in [3.05, 3.63) is 23.4 Å². The van der Waals surface area contributed by atoms with Crippen molar-refractivity contribution in [2.75, 3.05) is 18.0 Å². The lowest BCUT2D eigenvalue weighted by Crippen LogP contribution is -2.34. The summed E-state index contributed by atoms with van der Waals surface area (Å²) in [6.07, 6.45) is 3.81. The van der Waals surface area contributed by atoms with Crippen LogP contribution in [-0.2, 0) is 0 Å². The Morgan fingerprint density at radius 3 is 2.65 bits per heavy atom. The molecule has 0 aromatic carbocycles. The lowest BCUT2D eigenvalue weighted by molar-refractivity contribution is 0.0696. The Labute approximate surface area is 101 Å². The number of nitrogens with zero attached hydrogens (tertiary/aromatic N) is 2. The van der Waals surface area contributed by atoms with Gasteiger partial charge in [-0.15, -0.1) is 0 Å². The third kappa shape index (κ3) is 2.57. The van der Waals surface area contributed by atoms with Crippen LogP contribution in [0.2, 0.25) is 0 Å². The molecule has 0 saturated carbocycles. The van der Waals surface area contributed by atoms with Gasteiger partial charge in [-0.05, 0) is 37.3 Å². The average Bonchev–Trinajstić information content (AvgIpc) is 2.30. The topological polar surface area (TPSA) is 53.4 Å². The monoisotopic (exact) mass is 234 g/mol. The van der Waals surface area contributed by atoms with E-state index in [1.54, 1.807) is 6.07 Å². The largest absolute Gasteiger partial charge is 0.478 e. The Balaban J connectivity index is 2.19. The number of pyridine rings is 1. The number of hydrogen-bond donors (Lipinski definition) is 1. The third-order valence-electron chi connectivity index (χ3n) is 3.38. The molecule has 1 aromatic heterocycles. The molecule has 1 N–H and O–H groups in total. The highest BCUT2D eigenvalue weighted by atomic mass is 16.4. The van der Waals surface area contributed by atoms with Crippen LogP contribution in [0.5, 0.6) is 0 Å². The van der Waals surface area contributed by atoms with Crippen molar-refractivity contribution >= 4 is 11.8 Å². The van der Waals surface area contributed by atoms with Crippen molar-refractivity contribution in [3.63, 3.8) is 0 Å². The van der Waals surface area contributed by atoms with Crippen LogP contribution in [0, 0.1) is 12.8 Å². The standard InChI is InChI=1S/C13H18N2O2/c1-9-3-5-15(6-4-9)12-10(2)7-11(8-14-12)13(16)17/h7-9H,3-6H2,1-2H3,(H,16,17). The number of anilines is 1. The molecule has 2 rings (SSSR count). The Kier molecular flexibility index (Phi) is 3.31. The zero-order valence-corrected chi connectivity index (χ0v) is 10.3. The maximum absolute atomic E-state index is 10.8. The van der Waals surface area contributed by atoms with Gasteiger partial charge in [0.05, 0.1) is 5.56 Å². The van der Waals surface area contributed by atoms with Crippen molar-refractivity contribution in [1.29, 1.82) is 0 Å². The van der Waals surface area contributed by atoms with Crippen LogP contribution in [0.1, 0.15) is 35.7 Å². The molecule has 0 aliphatic carbocycles. The molecule has 1 fully saturated rings. The SMILES string of the molecule is Cc1cc(C(=O)O)cnc1N1CCC(C)CC1. The minimum atomic E-state index is -0.917. The summed E-state index contributed by atoms with van der Waals surface area (Å²) in [5.74, 6) is 0.797. The maximum atomic E-state index is 10.8. The van der Waals surface area contributed by atoms with Crippen LogP contribution in [0.25, 0.3) is 0 Å². The molecule has 1 aromatic rings. The lowest BCUT2D eigenvalue weighted by atomic mass is 9.99. The number of aromatic nitrogens is 1. The van der Waals surface area contributed by atoms with Crippen LogP contribution < -0.4 is 4.90 Å². The van der Waals surface area contributed by atoms with Gasteiger partial charge in [0.15, 0.2) is 0 Å². The van der Waals surface area contributed by atoms with Crippen LogP contribution >= 0.6 is 0 Å². The van der Waals surface area contributed by atoms with Crippen molar-refractivity contribution in [2.45, 2.75) is 26.7 Å². The van der Waals surface area contributed by atoms with Crippen LogP contribution in [-0.4, -0.2) is 29.1 Å². The molecule has 0 radical (unpaired) electrons. The summed E-state index contributed by atoms with van der Waals surface area (Å²) in [6, 6.07) is 1.70. The molecule has 4 heteroatoms. The molecule has 0 spiro atoms. The molecule has 0 amide bonds. The molecule has 2 heterocycles. The van der Waals surface area contributed by atoms with Gasteiger partial charge >= 0.3 is 5.97 Å². The zero-order valence-electron chi connectivity index (χ0n) is 10.3. The van der Waals surface area contributed by atoms with E-state index >= 15 is 0 Å². The minimum Gasteiger partial charge on any atom is -0.478 e. The van der Waals surface area contributed by atoms with Crippen LogP contribution in [0.15, 0.2) is 12.3 Å². The number of carboxylic acids is 1. The van der Waals surface area contributed by atoms with E-state index in [2.05, 4.69) is 16.8 Å². The van der Waals surface area contributed by atoms with Gasteiger partial charge < -0.3 is 10.0 Å². The summed E-state index contributed by atoms with van der Waals surface area (Å²) in [6.45, 7) is 6.22. The quantitative estimate of drug-likeness (QED) is 0.853. The predicted octanol–water partition coefficient (Wildman–Crippen LogP) is 2.32. The molecule has 0 atom stereocenters. The van der Waals surface area contributed by atoms with Crippen LogP contribution in [0.4, 0.5) is 5.82 Å². The van der Waals surface area contributed by atoms with E-state index in [9.17, 15) is 4.79 Å². The van der Waals surface area contributed by atoms with E-state index in [1.165, 1.54) is 19.0 Å². The van der Waals surface area contributed by atoms with Gasteiger partial charge in [0.25, 0.3) is 0 Å². The normalized spacial score (nSPS) is 17.2. The summed E-state index contributed by atoms with van der Waals surface area (Å²) in [5, 5.41) is 8.89. The van der Waals surface area contributed by atoms with E-state index in [0.29, 0.717) is 0 Å². The number of aromatic carboxylic acids is 1. The highest BCUT2D eigenvalue weighted by molar-refractivity contribution is 5.87. The first-order valence-electron chi connectivity index (χ1n) is 6.03. The predicted molar refractivity (Wildman–Crippen MR) is 66.5 cm³/mol. The molecule has 92 valence electrons. The number of aryl methyl sites for hydroxylation is 1. The second-order valence-electron chi connectivity index (χ2n) is 4.84. The summed E-state index contributed by atoms with van der Waals surface area (Å²) in [7, 11) is 0. The fourth-order valence-corrected chi connectivity index (χ4v) is 2.24. The van der Waals surface area contributed by atoms with Crippen molar-refractivity contribution in [2.24, 2.45) is 5.92 Å². The molecule has 1 aliphatic heterocycles. The molecule has 1 aliphatic rings. The highest BCUT2D eigenvalue weighted by Crippen LogP contribution is 2.24. The van der Waals surface area contributed by atoms with E-state index in [1.807, 2.05) is 6.92 Å². The first kappa shape index (κ1) is 11.9. The summed E-state index contributed by atoms with van der Waals surface area (Å²) in [5.41, 5.74) is 1.20. The van der Waals surface area contributed by atoms with Gasteiger partial charge in [0.2, 0.25) is 0 Å². The summed E-state index contributed by atoms with van der Waals surface area (Å²) >= 11 is 0. The Hall–Kier alpha value is -1.58. The van der Waals surface area contributed by atoms with Crippen LogP contribution in [0.3, 0.4) is 0 Å². The van der Waals surface area contributed by atoms with Gasteiger partial charge in [-0.3, -0.25) is 0 Å². The second kappa shape index (κ2) is 4.73. The Bertz CT molecular complexity index is 423. The maximum Gasteiger partial charge on any atom is 0.337 e. The molecular formula is C13H18N2O2. The first-order valence-corrected chi connectivity index (χ1v) is 6.03. The second-order valence-corrected chi connectivity index (χ2v) is 4.84. The van der Waals surface area contributed by atoms with E-state index in [4.69, 9.17) is 5.11 Å². The summed E-state index contributed by atoms with van der Waals surface area (Å²) in [4.78, 5) is 17.4. The fourth-order valence-electron chi connectivity index (χ4n) is 2.24. The summed E-state index contributed by atoms with van der Waals surface area (Å²) < 4.78 is 0. The number of piperidine rings is 1. The van der Waals surface area contributed by atoms with Crippen molar-refractivity contribution in [3.8, 4) is 0 Å². The molecular weight excluding hydrogens is 216 g/mol. The fraction of sp³-hybridized carbons (Fsp3) is 0.538. The molecule has 4 nitrogen and oxygen atoms in total. The molecule has 1 saturated heterocycles. The number of carboxylic acid groups (broad SMARTS) is 1. The number of hydrogen-bond acceptors (Lipinski definition) is 3. The van der Waals surface area contributed by atoms with E-state index < -0.39 is 5.97 Å². The number of carbonyl (C=O) groups is 1. The third-order valence-corrected chi connectivity index (χ3v) is 3.38. The first-order chi connectivity index (χ1) is 8.08. The smallest absolute Gasteiger partial charge is 0.337 e. The van der Waals surface area contributed by atoms with Gasteiger partial charge in [0, 0.05) is 19.3 Å². The van der Waals surface area contributed by atoms with Gasteiger partial charge in [-0.1, -0.05) is 6.92 Å². The average molecular weight is 234 g/mol. The van der Waals surface area contributed by atoms with Gasteiger partial charge in [-0.2, -0.15) is 0 Å². The molecule has 17 heavy (non-hydrogen) atoms. The Morgan fingerprint density at radius 1 is 1.47 bits per heavy atom. The van der Waals surface area contributed by atoms with Gasteiger partial charge in [0.1, 0.15) is 5.82 Å². The Morgan fingerprint density at radius 2 is 2.12 bits per heavy atom. The number of rotatable bonds is 2. The van der Waals surface area contributed by atoms with Crippen molar-refractivity contribution < 1.29 is 9.90 Å². The van der Waals surface area contributed by atoms with Gasteiger partial charge in [-0.25, -0.2) is 9.78 Å². The van der Waals surface area contributed by atoms with E-state index in [0.717, 1.165) is 30.4 Å². The van der Waals surface area contributed by atoms with E-state index in [-0.39, 0.29) is 5.56 Å².